The molecule has 0 unspecified atom stereocenters. The van der Waals surface area contributed by atoms with Crippen molar-refractivity contribution in [1.82, 2.24) is 4.90 Å². The van der Waals surface area contributed by atoms with Crippen molar-refractivity contribution in [3.05, 3.63) is 60.4 Å². The van der Waals surface area contributed by atoms with E-state index in [0.717, 1.165) is 28.2 Å². The molecule has 1 N–H and O–H groups in total. The van der Waals surface area contributed by atoms with Crippen molar-refractivity contribution < 1.29 is 13.9 Å². The predicted octanol–water partition coefficient (Wildman–Crippen LogP) is 4.46. The monoisotopic (exact) mass is 352 g/mol. The summed E-state index contributed by atoms with van der Waals surface area (Å²) in [5, 5.41) is 3.98. The minimum Gasteiger partial charge on any atom is -0.494 e. The fourth-order valence-corrected chi connectivity index (χ4v) is 2.79. The summed E-state index contributed by atoms with van der Waals surface area (Å²) < 4.78 is 11.3. The van der Waals surface area contributed by atoms with Gasteiger partial charge in [-0.2, -0.15) is 0 Å². The minimum atomic E-state index is -0.0698. The molecular formula is C21H24N2O3. The predicted molar refractivity (Wildman–Crippen MR) is 103 cm³/mol. The van der Waals surface area contributed by atoms with Crippen LogP contribution >= 0.6 is 0 Å². The third kappa shape index (κ3) is 4.24. The zero-order valence-electron chi connectivity index (χ0n) is 15.4. The molecular weight excluding hydrogens is 328 g/mol. The van der Waals surface area contributed by atoms with Gasteiger partial charge < -0.3 is 14.5 Å². The largest absolute Gasteiger partial charge is 0.494 e. The third-order valence-corrected chi connectivity index (χ3v) is 4.36. The number of hydrogen-bond donors (Lipinski definition) is 1. The van der Waals surface area contributed by atoms with Crippen LogP contribution in [0.3, 0.4) is 0 Å². The number of fused-ring (bicyclic) bond motifs is 1. The van der Waals surface area contributed by atoms with Crippen molar-refractivity contribution in [2.75, 3.05) is 25.5 Å². The van der Waals surface area contributed by atoms with Crippen molar-refractivity contribution in [2.24, 2.45) is 0 Å². The van der Waals surface area contributed by atoms with Gasteiger partial charge in [0, 0.05) is 11.1 Å². The van der Waals surface area contributed by atoms with E-state index in [4.69, 9.17) is 9.15 Å². The Morgan fingerprint density at radius 3 is 2.62 bits per heavy atom. The first-order valence-corrected chi connectivity index (χ1v) is 8.78. The molecule has 2 aromatic carbocycles. The van der Waals surface area contributed by atoms with Crippen molar-refractivity contribution >= 4 is 22.6 Å². The summed E-state index contributed by atoms with van der Waals surface area (Å²) in [5.74, 6) is 1.57. The Morgan fingerprint density at radius 1 is 1.19 bits per heavy atom. The molecule has 3 aromatic rings. The van der Waals surface area contributed by atoms with Gasteiger partial charge in [-0.15, -0.1) is 0 Å². The highest BCUT2D eigenvalue weighted by molar-refractivity contribution is 5.92. The van der Waals surface area contributed by atoms with E-state index >= 15 is 0 Å². The van der Waals surface area contributed by atoms with Gasteiger partial charge in [-0.05, 0) is 57.3 Å². The lowest BCUT2D eigenvalue weighted by Gasteiger charge is -2.22. The fraction of sp³-hybridized carbons (Fsp3) is 0.286. The van der Waals surface area contributed by atoms with Crippen LogP contribution in [0.2, 0.25) is 0 Å². The Bertz CT molecular complexity index is 837. The summed E-state index contributed by atoms with van der Waals surface area (Å²) in [5.41, 5.74) is 1.62. The second-order valence-electron chi connectivity index (χ2n) is 6.28. The third-order valence-electron chi connectivity index (χ3n) is 4.36. The first kappa shape index (κ1) is 18.0. The molecule has 0 radical (unpaired) electrons. The van der Waals surface area contributed by atoms with Gasteiger partial charge in [0.15, 0.2) is 0 Å². The number of carbonyl (C=O) groups is 1. The lowest BCUT2D eigenvalue weighted by Crippen LogP contribution is -2.32. The van der Waals surface area contributed by atoms with Crippen LogP contribution in [0.1, 0.15) is 25.6 Å². The van der Waals surface area contributed by atoms with Gasteiger partial charge in [0.2, 0.25) is 5.91 Å². The standard InChI is InChI=1S/C21H24N2O3/c1-4-25-18-11-9-17(10-12-18)22-21(24)14-23(3)15(2)20-13-16-7-5-6-8-19(16)26-20/h5-13,15H,4,14H2,1-3H3,(H,22,24)/t15-/m0/s1. The zero-order valence-corrected chi connectivity index (χ0v) is 15.4. The maximum atomic E-state index is 12.3. The first-order valence-electron chi connectivity index (χ1n) is 8.78. The summed E-state index contributed by atoms with van der Waals surface area (Å²) >= 11 is 0. The van der Waals surface area contributed by atoms with E-state index in [1.807, 2.05) is 80.4 Å². The number of ether oxygens (including phenoxy) is 1. The molecule has 5 heteroatoms. The highest BCUT2D eigenvalue weighted by Crippen LogP contribution is 2.26. The van der Waals surface area contributed by atoms with Crippen molar-refractivity contribution in [2.45, 2.75) is 19.9 Å². The number of nitrogens with one attached hydrogen (secondary N) is 1. The molecule has 0 aliphatic rings. The van der Waals surface area contributed by atoms with E-state index in [1.54, 1.807) is 0 Å². The van der Waals surface area contributed by atoms with Gasteiger partial charge in [-0.3, -0.25) is 9.69 Å². The number of anilines is 1. The SMILES string of the molecule is CCOc1ccc(NC(=O)CN(C)[C@@H](C)c2cc3ccccc3o2)cc1. The first-order chi connectivity index (χ1) is 12.6. The highest BCUT2D eigenvalue weighted by atomic mass is 16.5. The number of likely N-dealkylation sites (N-methyl/N-ethyl adjacent to an activating group) is 1. The van der Waals surface area contributed by atoms with Crippen molar-refractivity contribution in [1.29, 1.82) is 0 Å². The van der Waals surface area contributed by atoms with E-state index in [9.17, 15) is 4.79 Å². The Labute approximate surface area is 153 Å². The number of carbonyl (C=O) groups excluding carboxylic acids is 1. The molecule has 136 valence electrons. The number of hydrogen-bond acceptors (Lipinski definition) is 4. The molecule has 5 nitrogen and oxygen atoms in total. The number of para-hydroxylation sites is 1. The van der Waals surface area contributed by atoms with Crippen LogP contribution in [0, 0.1) is 0 Å². The Balaban J connectivity index is 1.59. The van der Waals surface area contributed by atoms with Crippen LogP contribution in [-0.4, -0.2) is 31.0 Å². The van der Waals surface area contributed by atoms with Gasteiger partial charge in [0.05, 0.1) is 19.2 Å². The molecule has 3 rings (SSSR count). The maximum absolute atomic E-state index is 12.3. The molecule has 1 heterocycles. The molecule has 0 aliphatic carbocycles. The van der Waals surface area contributed by atoms with Gasteiger partial charge in [0.25, 0.3) is 0 Å². The van der Waals surface area contributed by atoms with Gasteiger partial charge in [-0.25, -0.2) is 0 Å². The second kappa shape index (κ2) is 8.06. The van der Waals surface area contributed by atoms with Crippen LogP contribution in [-0.2, 0) is 4.79 Å². The quantitative estimate of drug-likeness (QED) is 0.682. The molecule has 0 spiro atoms. The molecule has 26 heavy (non-hydrogen) atoms. The lowest BCUT2D eigenvalue weighted by molar-refractivity contribution is -0.117. The number of benzene rings is 2. The molecule has 0 fully saturated rings. The smallest absolute Gasteiger partial charge is 0.238 e. The van der Waals surface area contributed by atoms with E-state index < -0.39 is 0 Å². The lowest BCUT2D eigenvalue weighted by atomic mass is 10.2. The van der Waals surface area contributed by atoms with E-state index in [0.29, 0.717) is 6.61 Å². The van der Waals surface area contributed by atoms with Crippen LogP contribution < -0.4 is 10.1 Å². The molecule has 1 aromatic heterocycles. The fourth-order valence-electron chi connectivity index (χ4n) is 2.79. The molecule has 0 bridgehead atoms. The minimum absolute atomic E-state index is 0.00604. The summed E-state index contributed by atoms with van der Waals surface area (Å²) in [7, 11) is 1.91. The van der Waals surface area contributed by atoms with Gasteiger partial charge in [-0.1, -0.05) is 18.2 Å². The van der Waals surface area contributed by atoms with Gasteiger partial charge in [0.1, 0.15) is 17.1 Å². The molecule has 0 saturated carbocycles. The van der Waals surface area contributed by atoms with Crippen molar-refractivity contribution in [3.63, 3.8) is 0 Å². The van der Waals surface area contributed by atoms with Crippen molar-refractivity contribution in [3.8, 4) is 5.75 Å². The Morgan fingerprint density at radius 2 is 1.92 bits per heavy atom. The summed E-state index contributed by atoms with van der Waals surface area (Å²) in [6.45, 7) is 4.86. The maximum Gasteiger partial charge on any atom is 0.238 e. The molecule has 0 saturated heterocycles. The highest BCUT2D eigenvalue weighted by Gasteiger charge is 2.18. The number of nitrogens with zero attached hydrogens (tertiary/aromatic N) is 1. The second-order valence-corrected chi connectivity index (χ2v) is 6.28. The Kier molecular flexibility index (Phi) is 5.58. The number of furan rings is 1. The normalized spacial score (nSPS) is 12.3. The number of rotatable bonds is 7. The Hall–Kier alpha value is -2.79. The average Bonchev–Trinajstić information content (AvgIpc) is 3.07. The van der Waals surface area contributed by atoms with E-state index in [1.165, 1.54) is 0 Å². The van der Waals surface area contributed by atoms with Crippen LogP contribution in [0.5, 0.6) is 5.75 Å². The average molecular weight is 352 g/mol. The van der Waals surface area contributed by atoms with Crippen LogP contribution in [0.15, 0.2) is 59.0 Å². The molecule has 1 atom stereocenters. The van der Waals surface area contributed by atoms with Gasteiger partial charge >= 0.3 is 0 Å². The van der Waals surface area contributed by atoms with Crippen LogP contribution in [0.4, 0.5) is 5.69 Å². The molecule has 0 aliphatic heterocycles. The summed E-state index contributed by atoms with van der Waals surface area (Å²) in [6, 6.07) is 17.3. The zero-order chi connectivity index (χ0) is 18.5. The number of amides is 1. The summed E-state index contributed by atoms with van der Waals surface area (Å²) in [4.78, 5) is 14.3. The van der Waals surface area contributed by atoms with E-state index in [-0.39, 0.29) is 18.5 Å². The van der Waals surface area contributed by atoms with E-state index in [2.05, 4.69) is 5.32 Å². The van der Waals surface area contributed by atoms with Crippen LogP contribution in [0.25, 0.3) is 11.0 Å². The topological polar surface area (TPSA) is 54.7 Å². The molecule has 1 amide bonds. The summed E-state index contributed by atoms with van der Waals surface area (Å²) in [6.07, 6.45) is 0.